The van der Waals surface area contributed by atoms with Crippen molar-refractivity contribution in [2.24, 2.45) is 0 Å². The molecule has 1 aliphatic rings. The van der Waals surface area contributed by atoms with Crippen molar-refractivity contribution in [2.45, 2.75) is 13.5 Å². The summed E-state index contributed by atoms with van der Waals surface area (Å²) in [7, 11) is 2.97. The second-order valence-corrected chi connectivity index (χ2v) is 7.02. The van der Waals surface area contributed by atoms with E-state index in [0.717, 1.165) is 11.1 Å². The second-order valence-electron chi connectivity index (χ2n) is 6.65. The Morgan fingerprint density at radius 1 is 1.17 bits per heavy atom. The van der Waals surface area contributed by atoms with Gasteiger partial charge in [-0.2, -0.15) is 0 Å². The van der Waals surface area contributed by atoms with Crippen molar-refractivity contribution < 1.29 is 19.1 Å². The molecule has 0 radical (unpaired) electrons. The quantitative estimate of drug-likeness (QED) is 0.414. The van der Waals surface area contributed by atoms with Crippen molar-refractivity contribution in [3.8, 4) is 5.75 Å². The topological polar surface area (TPSA) is 59.1 Å². The van der Waals surface area contributed by atoms with Crippen LogP contribution < -0.4 is 4.74 Å². The third-order valence-corrected chi connectivity index (χ3v) is 5.04. The van der Waals surface area contributed by atoms with Crippen molar-refractivity contribution in [2.75, 3.05) is 20.7 Å². The molecule has 0 unspecified atom stereocenters. The van der Waals surface area contributed by atoms with Crippen LogP contribution in [0.5, 0.6) is 5.75 Å². The Balaban J connectivity index is 1.83. The molecular weight excluding hydrogens is 388 g/mol. The molecule has 1 fully saturated rings. The van der Waals surface area contributed by atoms with E-state index in [1.165, 1.54) is 17.6 Å². The minimum Gasteiger partial charge on any atom is -0.488 e. The van der Waals surface area contributed by atoms with Gasteiger partial charge in [0.15, 0.2) is 5.11 Å². The monoisotopic (exact) mass is 410 g/mol. The van der Waals surface area contributed by atoms with Gasteiger partial charge >= 0.3 is 5.97 Å². The van der Waals surface area contributed by atoms with Crippen molar-refractivity contribution in [3.63, 3.8) is 0 Å². The smallest absolute Gasteiger partial charge is 0.325 e. The number of esters is 1. The average molecular weight is 410 g/mol. The van der Waals surface area contributed by atoms with E-state index in [1.807, 2.05) is 49.4 Å². The van der Waals surface area contributed by atoms with Crippen LogP contribution in [0.15, 0.2) is 54.2 Å². The zero-order valence-corrected chi connectivity index (χ0v) is 17.4. The van der Waals surface area contributed by atoms with Gasteiger partial charge in [0.2, 0.25) is 0 Å². The number of nitrogens with zero attached hydrogens (tertiary/aromatic N) is 2. The lowest BCUT2D eigenvalue weighted by molar-refractivity contribution is -0.143. The molecule has 1 aliphatic heterocycles. The molecule has 0 atom stereocenters. The van der Waals surface area contributed by atoms with Crippen molar-refractivity contribution in [3.05, 3.63) is 70.9 Å². The molecule has 0 aromatic heterocycles. The van der Waals surface area contributed by atoms with Crippen molar-refractivity contribution in [1.29, 1.82) is 0 Å². The number of hydrogen-bond acceptors (Lipinski definition) is 5. The molecule has 29 heavy (non-hydrogen) atoms. The summed E-state index contributed by atoms with van der Waals surface area (Å²) in [5, 5.41) is 0.254. The normalized spacial score (nSPS) is 15.2. The first-order valence-corrected chi connectivity index (χ1v) is 9.47. The Morgan fingerprint density at radius 2 is 1.93 bits per heavy atom. The Labute approximate surface area is 175 Å². The molecule has 6 nitrogen and oxygen atoms in total. The molecule has 1 amide bonds. The Morgan fingerprint density at radius 3 is 2.66 bits per heavy atom. The lowest BCUT2D eigenvalue weighted by atomic mass is 10.1. The van der Waals surface area contributed by atoms with Gasteiger partial charge in [-0.25, -0.2) is 0 Å². The number of amides is 1. The van der Waals surface area contributed by atoms with E-state index in [4.69, 9.17) is 17.0 Å². The van der Waals surface area contributed by atoms with Crippen LogP contribution in [0.3, 0.4) is 0 Å². The van der Waals surface area contributed by atoms with Gasteiger partial charge in [0.25, 0.3) is 5.91 Å². The molecular formula is C22H22N2O4S. The van der Waals surface area contributed by atoms with Crippen LogP contribution in [0.25, 0.3) is 6.08 Å². The predicted molar refractivity (Wildman–Crippen MR) is 114 cm³/mol. The van der Waals surface area contributed by atoms with E-state index in [0.29, 0.717) is 18.1 Å². The standard InChI is InChI=1S/C22H22N2O4S/c1-15-7-6-8-16(11-15)14-28-19-10-5-4-9-17(19)12-18-21(26)24(13-20(25)27-3)22(29)23(18)2/h4-12H,13-14H2,1-3H3/b18-12-. The maximum absolute atomic E-state index is 12.8. The summed E-state index contributed by atoms with van der Waals surface area (Å²) in [5.74, 6) is -0.228. The average Bonchev–Trinajstić information content (AvgIpc) is 2.91. The highest BCUT2D eigenvalue weighted by Crippen LogP contribution is 2.27. The number of aryl methyl sites for hydroxylation is 1. The first kappa shape index (κ1) is 20.5. The molecule has 0 saturated carbocycles. The number of thiocarbonyl (C=S) groups is 1. The number of hydrogen-bond donors (Lipinski definition) is 0. The lowest BCUT2D eigenvalue weighted by Gasteiger charge is -2.14. The summed E-state index contributed by atoms with van der Waals surface area (Å²) in [6.07, 6.45) is 1.72. The minimum absolute atomic E-state index is 0.221. The number of benzene rings is 2. The summed E-state index contributed by atoms with van der Waals surface area (Å²) in [4.78, 5) is 27.2. The molecule has 1 heterocycles. The fourth-order valence-corrected chi connectivity index (χ4v) is 3.23. The number of para-hydroxylation sites is 1. The van der Waals surface area contributed by atoms with Crippen LogP contribution >= 0.6 is 12.2 Å². The molecule has 0 aliphatic carbocycles. The maximum atomic E-state index is 12.8. The van der Waals surface area contributed by atoms with Gasteiger partial charge in [-0.1, -0.05) is 48.0 Å². The van der Waals surface area contributed by atoms with Crippen LogP contribution in [0.1, 0.15) is 16.7 Å². The van der Waals surface area contributed by atoms with Crippen LogP contribution in [0.2, 0.25) is 0 Å². The molecule has 1 saturated heterocycles. The highest BCUT2D eigenvalue weighted by molar-refractivity contribution is 7.80. The number of carbonyl (C=O) groups excluding carboxylic acids is 2. The number of carbonyl (C=O) groups is 2. The van der Waals surface area contributed by atoms with Crippen molar-refractivity contribution in [1.82, 2.24) is 9.80 Å². The molecule has 2 aromatic rings. The molecule has 3 rings (SSSR count). The first-order chi connectivity index (χ1) is 13.9. The first-order valence-electron chi connectivity index (χ1n) is 9.06. The van der Waals surface area contributed by atoms with E-state index in [1.54, 1.807) is 18.0 Å². The minimum atomic E-state index is -0.530. The fraction of sp³-hybridized carbons (Fsp3) is 0.227. The zero-order valence-electron chi connectivity index (χ0n) is 16.5. The summed E-state index contributed by atoms with van der Waals surface area (Å²) >= 11 is 5.31. The number of methoxy groups -OCH3 is 1. The van der Waals surface area contributed by atoms with E-state index in [-0.39, 0.29) is 17.6 Å². The van der Waals surface area contributed by atoms with Crippen LogP contribution in [0, 0.1) is 6.92 Å². The van der Waals surface area contributed by atoms with Gasteiger partial charge in [0, 0.05) is 12.6 Å². The van der Waals surface area contributed by atoms with Gasteiger partial charge in [-0.05, 0) is 36.8 Å². The van der Waals surface area contributed by atoms with E-state index in [2.05, 4.69) is 10.8 Å². The van der Waals surface area contributed by atoms with E-state index in [9.17, 15) is 9.59 Å². The van der Waals surface area contributed by atoms with Gasteiger partial charge < -0.3 is 14.4 Å². The molecule has 0 bridgehead atoms. The summed E-state index contributed by atoms with van der Waals surface area (Å²) in [5.41, 5.74) is 3.34. The van der Waals surface area contributed by atoms with E-state index < -0.39 is 5.97 Å². The number of likely N-dealkylation sites (N-methyl/N-ethyl adjacent to an activating group) is 1. The van der Waals surface area contributed by atoms with Crippen LogP contribution in [-0.4, -0.2) is 47.5 Å². The Hall–Kier alpha value is -3.19. The lowest BCUT2D eigenvalue weighted by Crippen LogP contribution is -2.36. The molecule has 0 N–H and O–H groups in total. The zero-order chi connectivity index (χ0) is 21.0. The largest absolute Gasteiger partial charge is 0.488 e. The molecule has 0 spiro atoms. The molecule has 7 heteroatoms. The summed E-state index contributed by atoms with van der Waals surface area (Å²) < 4.78 is 10.6. The van der Waals surface area contributed by atoms with E-state index >= 15 is 0 Å². The fourth-order valence-electron chi connectivity index (χ4n) is 2.99. The second kappa shape index (κ2) is 8.87. The van der Waals surface area contributed by atoms with Gasteiger partial charge in [0.05, 0.1) is 7.11 Å². The Kier molecular flexibility index (Phi) is 6.29. The Bertz CT molecular complexity index is 986. The van der Waals surface area contributed by atoms with Gasteiger partial charge in [-0.3, -0.25) is 14.5 Å². The third-order valence-electron chi connectivity index (χ3n) is 4.55. The predicted octanol–water partition coefficient (Wildman–Crippen LogP) is 3.15. The molecule has 150 valence electrons. The maximum Gasteiger partial charge on any atom is 0.325 e. The number of ether oxygens (including phenoxy) is 2. The van der Waals surface area contributed by atoms with Gasteiger partial charge in [0.1, 0.15) is 24.6 Å². The SMILES string of the molecule is COC(=O)CN1C(=O)/C(=C/c2ccccc2OCc2cccc(C)c2)N(C)C1=S. The number of rotatable bonds is 6. The van der Waals surface area contributed by atoms with Crippen LogP contribution in [0.4, 0.5) is 0 Å². The summed E-state index contributed by atoms with van der Waals surface area (Å²) in [6, 6.07) is 15.6. The van der Waals surface area contributed by atoms with Gasteiger partial charge in [-0.15, -0.1) is 0 Å². The van der Waals surface area contributed by atoms with Crippen LogP contribution in [-0.2, 0) is 20.9 Å². The highest BCUT2D eigenvalue weighted by atomic mass is 32.1. The third kappa shape index (κ3) is 4.63. The molecule has 2 aromatic carbocycles. The summed E-state index contributed by atoms with van der Waals surface area (Å²) in [6.45, 7) is 2.23. The van der Waals surface area contributed by atoms with Crippen molar-refractivity contribution >= 4 is 35.3 Å². The highest BCUT2D eigenvalue weighted by Gasteiger charge is 2.37.